The van der Waals surface area contributed by atoms with Gasteiger partial charge in [-0.25, -0.2) is 9.97 Å². The predicted molar refractivity (Wildman–Crippen MR) is 118 cm³/mol. The summed E-state index contributed by atoms with van der Waals surface area (Å²) in [5.74, 6) is 3.21. The first-order valence-electron chi connectivity index (χ1n) is 9.84. The van der Waals surface area contributed by atoms with Crippen LogP contribution < -0.4 is 10.5 Å². The summed E-state index contributed by atoms with van der Waals surface area (Å²) < 4.78 is 11.0. The molecule has 4 aromatic rings. The topological polar surface area (TPSA) is 100.0 Å². The maximum atomic E-state index is 6.29. The Morgan fingerprint density at radius 1 is 1.13 bits per heavy atom. The highest BCUT2D eigenvalue weighted by atomic mass is 32.2. The van der Waals surface area contributed by atoms with Crippen molar-refractivity contribution >= 4 is 39.1 Å². The van der Waals surface area contributed by atoms with Gasteiger partial charge in [0.05, 0.1) is 24.7 Å². The number of aromatic nitrogens is 4. The molecule has 0 saturated carbocycles. The summed E-state index contributed by atoms with van der Waals surface area (Å²) in [6, 6.07) is 7.81. The monoisotopic (exact) mass is 439 g/mol. The zero-order chi connectivity index (χ0) is 20.5. The van der Waals surface area contributed by atoms with Crippen LogP contribution >= 0.6 is 23.1 Å². The summed E-state index contributed by atoms with van der Waals surface area (Å²) in [6.45, 7) is 0. The van der Waals surface area contributed by atoms with Gasteiger partial charge in [-0.2, -0.15) is 0 Å². The van der Waals surface area contributed by atoms with Crippen LogP contribution in [0.25, 0.3) is 10.2 Å². The average Bonchev–Trinajstić information content (AvgIpc) is 3.37. The van der Waals surface area contributed by atoms with Crippen LogP contribution in [-0.4, -0.2) is 27.3 Å². The number of thioether (sulfide) groups is 1. The molecule has 0 fully saturated rings. The van der Waals surface area contributed by atoms with E-state index >= 15 is 0 Å². The van der Waals surface area contributed by atoms with Gasteiger partial charge < -0.3 is 14.9 Å². The van der Waals surface area contributed by atoms with E-state index in [0.29, 0.717) is 34.9 Å². The van der Waals surface area contributed by atoms with Crippen molar-refractivity contribution in [2.24, 2.45) is 0 Å². The summed E-state index contributed by atoms with van der Waals surface area (Å²) in [5, 5.41) is 9.85. The van der Waals surface area contributed by atoms with Crippen molar-refractivity contribution in [2.75, 3.05) is 12.8 Å². The minimum Gasteiger partial charge on any atom is -0.497 e. The maximum absolute atomic E-state index is 6.29. The van der Waals surface area contributed by atoms with Gasteiger partial charge in [0.1, 0.15) is 22.2 Å². The van der Waals surface area contributed by atoms with Gasteiger partial charge in [-0.15, -0.1) is 21.5 Å². The molecule has 1 aromatic carbocycles. The van der Waals surface area contributed by atoms with E-state index in [4.69, 9.17) is 19.9 Å². The normalized spacial score (nSPS) is 13.5. The minimum absolute atomic E-state index is 0.506. The molecule has 2 N–H and O–H groups in total. The van der Waals surface area contributed by atoms with Crippen molar-refractivity contribution < 1.29 is 9.15 Å². The van der Waals surface area contributed by atoms with Crippen molar-refractivity contribution in [3.05, 3.63) is 52.0 Å². The Morgan fingerprint density at radius 2 is 1.97 bits per heavy atom. The molecular weight excluding hydrogens is 418 g/mol. The number of anilines is 1. The Kier molecular flexibility index (Phi) is 5.30. The molecule has 0 unspecified atom stereocenters. The van der Waals surface area contributed by atoms with E-state index in [0.717, 1.165) is 34.4 Å². The maximum Gasteiger partial charge on any atom is 0.277 e. The highest BCUT2D eigenvalue weighted by Crippen LogP contribution is 2.38. The molecule has 3 aromatic heterocycles. The summed E-state index contributed by atoms with van der Waals surface area (Å²) in [5.41, 5.74) is 8.73. The van der Waals surface area contributed by atoms with Gasteiger partial charge in [0.2, 0.25) is 5.89 Å². The summed E-state index contributed by atoms with van der Waals surface area (Å²) in [6.07, 6.45) is 5.24. The zero-order valence-corrected chi connectivity index (χ0v) is 18.2. The number of hydrogen-bond acceptors (Lipinski definition) is 9. The van der Waals surface area contributed by atoms with Crippen LogP contribution in [0.1, 0.15) is 40.6 Å². The standard InChI is InChI=1S/C21H21N5O2S2/c1-27-13-8-6-12(7-9-13)10-17-25-26-21(28-17)29-11-16-23-19(22)18-14-4-2-3-5-15(14)30-20(18)24-16/h6-9H,2-5,10-11H2,1H3,(H2,22,23,24). The molecule has 7 nitrogen and oxygen atoms in total. The number of nitrogens with zero attached hydrogens (tertiary/aromatic N) is 4. The Balaban J connectivity index is 1.27. The van der Waals surface area contributed by atoms with E-state index in [1.807, 2.05) is 24.3 Å². The second-order valence-electron chi connectivity index (χ2n) is 7.19. The largest absolute Gasteiger partial charge is 0.497 e. The lowest BCUT2D eigenvalue weighted by Crippen LogP contribution is -2.02. The molecule has 0 atom stereocenters. The quantitative estimate of drug-likeness (QED) is 0.441. The van der Waals surface area contributed by atoms with Gasteiger partial charge in [-0.05, 0) is 48.9 Å². The highest BCUT2D eigenvalue weighted by molar-refractivity contribution is 7.98. The van der Waals surface area contributed by atoms with E-state index < -0.39 is 0 Å². The number of rotatable bonds is 6. The van der Waals surface area contributed by atoms with Gasteiger partial charge in [-0.1, -0.05) is 23.9 Å². The molecule has 154 valence electrons. The number of nitrogen functional groups attached to an aromatic ring is 1. The van der Waals surface area contributed by atoms with Gasteiger partial charge >= 0.3 is 0 Å². The fourth-order valence-electron chi connectivity index (χ4n) is 3.71. The molecular formula is C21H21N5O2S2. The molecule has 0 amide bonds. The number of hydrogen-bond donors (Lipinski definition) is 1. The van der Waals surface area contributed by atoms with Crippen molar-refractivity contribution in [1.82, 2.24) is 20.2 Å². The van der Waals surface area contributed by atoms with Gasteiger partial charge in [-0.3, -0.25) is 0 Å². The van der Waals surface area contributed by atoms with Gasteiger partial charge in [0.25, 0.3) is 5.22 Å². The van der Waals surface area contributed by atoms with Crippen molar-refractivity contribution in [3.8, 4) is 5.75 Å². The molecule has 0 radical (unpaired) electrons. The van der Waals surface area contributed by atoms with Crippen LogP contribution in [0.3, 0.4) is 0 Å². The lowest BCUT2D eigenvalue weighted by Gasteiger charge is -2.10. The van der Waals surface area contributed by atoms with E-state index in [-0.39, 0.29) is 0 Å². The number of ether oxygens (including phenoxy) is 1. The number of aryl methyl sites for hydroxylation is 2. The first kappa shape index (κ1) is 19.3. The molecule has 0 spiro atoms. The number of methoxy groups -OCH3 is 1. The molecule has 0 bridgehead atoms. The predicted octanol–water partition coefficient (Wildman–Crippen LogP) is 4.43. The Labute approximate surface area is 182 Å². The van der Waals surface area contributed by atoms with Crippen LogP contribution in [0, 0.1) is 0 Å². The third-order valence-corrected chi connectivity index (χ3v) is 7.18. The number of fused-ring (bicyclic) bond motifs is 3. The molecule has 0 aliphatic heterocycles. The van der Waals surface area contributed by atoms with Gasteiger partial charge in [0.15, 0.2) is 0 Å². The van der Waals surface area contributed by atoms with E-state index in [1.165, 1.54) is 35.0 Å². The second kappa shape index (κ2) is 8.23. The second-order valence-corrected chi connectivity index (χ2v) is 9.20. The highest BCUT2D eigenvalue weighted by Gasteiger charge is 2.20. The van der Waals surface area contributed by atoms with E-state index in [9.17, 15) is 0 Å². The Bertz CT molecular complexity index is 1190. The molecule has 5 rings (SSSR count). The average molecular weight is 440 g/mol. The van der Waals surface area contributed by atoms with Crippen LogP contribution in [0.4, 0.5) is 5.82 Å². The SMILES string of the molecule is COc1ccc(Cc2nnc(SCc3nc(N)c4c5c(sc4n3)CCCC5)o2)cc1. The first-order chi connectivity index (χ1) is 14.7. The third-order valence-electron chi connectivity index (χ3n) is 5.18. The van der Waals surface area contributed by atoms with Crippen LogP contribution in [-0.2, 0) is 25.0 Å². The Morgan fingerprint density at radius 3 is 2.80 bits per heavy atom. The van der Waals surface area contributed by atoms with Crippen LogP contribution in [0.2, 0.25) is 0 Å². The summed E-state index contributed by atoms with van der Waals surface area (Å²) in [7, 11) is 1.65. The lowest BCUT2D eigenvalue weighted by atomic mass is 9.97. The Hall–Kier alpha value is -2.65. The number of benzene rings is 1. The molecule has 3 heterocycles. The van der Waals surface area contributed by atoms with Crippen molar-refractivity contribution in [2.45, 2.75) is 43.1 Å². The lowest BCUT2D eigenvalue weighted by molar-refractivity contribution is 0.413. The molecule has 1 aliphatic carbocycles. The van der Waals surface area contributed by atoms with Crippen molar-refractivity contribution in [1.29, 1.82) is 0 Å². The van der Waals surface area contributed by atoms with E-state index in [1.54, 1.807) is 18.4 Å². The molecule has 1 aliphatic rings. The molecule has 9 heteroatoms. The van der Waals surface area contributed by atoms with Crippen LogP contribution in [0.5, 0.6) is 5.75 Å². The van der Waals surface area contributed by atoms with Gasteiger partial charge in [0, 0.05) is 4.88 Å². The van der Waals surface area contributed by atoms with E-state index in [2.05, 4.69) is 15.2 Å². The summed E-state index contributed by atoms with van der Waals surface area (Å²) in [4.78, 5) is 11.7. The molecule has 0 saturated heterocycles. The zero-order valence-electron chi connectivity index (χ0n) is 16.6. The third kappa shape index (κ3) is 3.87. The fourth-order valence-corrected chi connectivity index (χ4v) is 5.63. The summed E-state index contributed by atoms with van der Waals surface area (Å²) >= 11 is 3.18. The minimum atomic E-state index is 0.506. The smallest absolute Gasteiger partial charge is 0.277 e. The van der Waals surface area contributed by atoms with Crippen LogP contribution in [0.15, 0.2) is 33.9 Å². The van der Waals surface area contributed by atoms with Crippen molar-refractivity contribution in [3.63, 3.8) is 0 Å². The number of thiophene rings is 1. The fraction of sp³-hybridized carbons (Fsp3) is 0.333. The number of nitrogens with two attached hydrogens (primary N) is 1. The first-order valence-corrected chi connectivity index (χ1v) is 11.6. The molecule has 30 heavy (non-hydrogen) atoms.